The summed E-state index contributed by atoms with van der Waals surface area (Å²) in [6.07, 6.45) is 2.95. The number of aliphatic carboxylic acids is 1. The van der Waals surface area contributed by atoms with Gasteiger partial charge in [-0.3, -0.25) is 9.59 Å². The minimum Gasteiger partial charge on any atom is -0.481 e. The zero-order chi connectivity index (χ0) is 17.0. The molecule has 2 rings (SSSR count). The van der Waals surface area contributed by atoms with Crippen LogP contribution in [0.4, 0.5) is 4.39 Å². The third-order valence-corrected chi connectivity index (χ3v) is 4.39. The Hall–Kier alpha value is -1.91. The van der Waals surface area contributed by atoms with E-state index in [1.807, 2.05) is 6.92 Å². The molecule has 0 spiro atoms. The second-order valence-electron chi connectivity index (χ2n) is 6.49. The van der Waals surface area contributed by atoms with Gasteiger partial charge in [0.15, 0.2) is 0 Å². The van der Waals surface area contributed by atoms with Crippen LogP contribution in [0.25, 0.3) is 0 Å². The summed E-state index contributed by atoms with van der Waals surface area (Å²) in [7, 11) is 0. The van der Waals surface area contributed by atoms with Gasteiger partial charge in [-0.25, -0.2) is 4.39 Å². The molecule has 1 aliphatic rings. The summed E-state index contributed by atoms with van der Waals surface area (Å²) in [6, 6.07) is 6.77. The van der Waals surface area contributed by atoms with Crippen LogP contribution < -0.4 is 0 Å². The van der Waals surface area contributed by atoms with Crippen LogP contribution >= 0.6 is 0 Å². The number of carboxylic acid groups (broad SMARTS) is 1. The van der Waals surface area contributed by atoms with Gasteiger partial charge in [-0.1, -0.05) is 32.0 Å². The van der Waals surface area contributed by atoms with Gasteiger partial charge in [0.25, 0.3) is 0 Å². The lowest BCUT2D eigenvalue weighted by molar-refractivity contribution is -0.144. The number of hydrogen-bond donors (Lipinski definition) is 1. The van der Waals surface area contributed by atoms with Gasteiger partial charge in [-0.15, -0.1) is 0 Å². The van der Waals surface area contributed by atoms with Crippen molar-refractivity contribution in [3.8, 4) is 0 Å². The van der Waals surface area contributed by atoms with E-state index in [4.69, 9.17) is 5.11 Å². The summed E-state index contributed by atoms with van der Waals surface area (Å²) >= 11 is 0. The highest BCUT2D eigenvalue weighted by Gasteiger charge is 2.36. The fraction of sp³-hybridized carbons (Fsp3) is 0.556. The molecule has 2 atom stereocenters. The molecule has 23 heavy (non-hydrogen) atoms. The van der Waals surface area contributed by atoms with Gasteiger partial charge in [-0.05, 0) is 37.3 Å². The number of carbonyl (C=O) groups is 2. The van der Waals surface area contributed by atoms with Gasteiger partial charge < -0.3 is 10.0 Å². The Morgan fingerprint density at radius 2 is 1.91 bits per heavy atom. The lowest BCUT2D eigenvalue weighted by atomic mass is 9.99. The number of hydrogen-bond acceptors (Lipinski definition) is 2. The van der Waals surface area contributed by atoms with Crippen LogP contribution in [-0.2, 0) is 16.0 Å². The maximum atomic E-state index is 13.6. The summed E-state index contributed by atoms with van der Waals surface area (Å²) in [6.45, 7) is 3.71. The Morgan fingerprint density at radius 3 is 2.48 bits per heavy atom. The zero-order valence-electron chi connectivity index (χ0n) is 13.7. The highest BCUT2D eigenvalue weighted by Crippen LogP contribution is 2.29. The van der Waals surface area contributed by atoms with Crippen molar-refractivity contribution < 1.29 is 19.1 Å². The van der Waals surface area contributed by atoms with Crippen LogP contribution in [-0.4, -0.2) is 34.5 Å². The first-order chi connectivity index (χ1) is 10.9. The Bertz CT molecular complexity index is 571. The molecule has 2 unspecified atom stereocenters. The Labute approximate surface area is 136 Å². The van der Waals surface area contributed by atoms with Crippen LogP contribution in [0.3, 0.4) is 0 Å². The van der Waals surface area contributed by atoms with Crippen LogP contribution in [0.5, 0.6) is 0 Å². The summed E-state index contributed by atoms with van der Waals surface area (Å²) in [5.74, 6) is -1.96. The van der Waals surface area contributed by atoms with Gasteiger partial charge in [0.1, 0.15) is 5.82 Å². The molecule has 0 bridgehead atoms. The predicted octanol–water partition coefficient (Wildman–Crippen LogP) is 3.11. The Kier molecular flexibility index (Phi) is 5.74. The smallest absolute Gasteiger partial charge is 0.308 e. The largest absolute Gasteiger partial charge is 0.481 e. The van der Waals surface area contributed by atoms with E-state index in [9.17, 15) is 14.0 Å². The highest BCUT2D eigenvalue weighted by molar-refractivity contribution is 5.80. The van der Waals surface area contributed by atoms with Gasteiger partial charge in [0.2, 0.25) is 5.91 Å². The second kappa shape index (κ2) is 7.57. The van der Waals surface area contributed by atoms with Crippen LogP contribution in [0.1, 0.15) is 38.7 Å². The van der Waals surface area contributed by atoms with Crippen molar-refractivity contribution in [2.24, 2.45) is 11.8 Å². The first-order valence-corrected chi connectivity index (χ1v) is 8.16. The maximum absolute atomic E-state index is 13.6. The number of carboxylic acids is 1. The minimum absolute atomic E-state index is 0.0167. The number of nitrogens with zero attached hydrogens (tertiary/aromatic N) is 1. The molecule has 0 radical (unpaired) electrons. The van der Waals surface area contributed by atoms with Crippen molar-refractivity contribution in [1.82, 2.24) is 4.90 Å². The number of benzene rings is 1. The predicted molar refractivity (Wildman–Crippen MR) is 85.4 cm³/mol. The number of halogens is 1. The van der Waals surface area contributed by atoms with E-state index in [0.717, 1.165) is 12.8 Å². The summed E-state index contributed by atoms with van der Waals surface area (Å²) in [4.78, 5) is 25.4. The average molecular weight is 321 g/mol. The second-order valence-corrected chi connectivity index (χ2v) is 6.49. The quantitative estimate of drug-likeness (QED) is 0.800. The SMILES string of the molecule is CC(CN(C(=O)C(C)CCc1ccccc1F)C1CC1)C(=O)O. The summed E-state index contributed by atoms with van der Waals surface area (Å²) in [5.41, 5.74) is 0.615. The monoisotopic (exact) mass is 321 g/mol. The van der Waals surface area contributed by atoms with E-state index < -0.39 is 11.9 Å². The van der Waals surface area contributed by atoms with E-state index in [0.29, 0.717) is 18.4 Å². The van der Waals surface area contributed by atoms with E-state index in [1.165, 1.54) is 6.07 Å². The lowest BCUT2D eigenvalue weighted by Gasteiger charge is -2.27. The number of carbonyl (C=O) groups excluding carboxylic acids is 1. The standard InChI is InChI=1S/C18H24FNO3/c1-12(7-8-14-5-3-4-6-16(14)19)17(21)20(15-9-10-15)11-13(2)18(22)23/h3-6,12-13,15H,7-11H2,1-2H3,(H,22,23). The molecule has 1 saturated carbocycles. The molecular weight excluding hydrogens is 297 g/mol. The van der Waals surface area contributed by atoms with E-state index >= 15 is 0 Å². The third kappa shape index (κ3) is 4.78. The van der Waals surface area contributed by atoms with Gasteiger partial charge in [0.05, 0.1) is 5.92 Å². The third-order valence-electron chi connectivity index (χ3n) is 4.39. The minimum atomic E-state index is -0.887. The van der Waals surface area contributed by atoms with E-state index in [-0.39, 0.29) is 30.2 Å². The molecule has 4 nitrogen and oxygen atoms in total. The van der Waals surface area contributed by atoms with Crippen molar-refractivity contribution in [2.45, 2.75) is 45.6 Å². The molecule has 1 fully saturated rings. The summed E-state index contributed by atoms with van der Waals surface area (Å²) < 4.78 is 13.6. The van der Waals surface area contributed by atoms with E-state index in [1.54, 1.807) is 30.0 Å². The molecule has 1 amide bonds. The lowest BCUT2D eigenvalue weighted by Crippen LogP contribution is -2.41. The van der Waals surface area contributed by atoms with Gasteiger partial charge in [-0.2, -0.15) is 0 Å². The van der Waals surface area contributed by atoms with Crippen molar-refractivity contribution in [3.05, 3.63) is 35.6 Å². The summed E-state index contributed by atoms with van der Waals surface area (Å²) in [5, 5.41) is 9.06. The Morgan fingerprint density at radius 1 is 1.26 bits per heavy atom. The molecule has 0 heterocycles. The molecule has 0 aromatic heterocycles. The van der Waals surface area contributed by atoms with Crippen molar-refractivity contribution in [2.75, 3.05) is 6.54 Å². The number of rotatable bonds is 8. The fourth-order valence-corrected chi connectivity index (χ4v) is 2.66. The maximum Gasteiger partial charge on any atom is 0.308 e. The molecule has 1 aromatic carbocycles. The van der Waals surface area contributed by atoms with Gasteiger partial charge >= 0.3 is 5.97 Å². The molecule has 0 saturated heterocycles. The average Bonchev–Trinajstić information content (AvgIpc) is 3.35. The normalized spacial score (nSPS) is 16.7. The topological polar surface area (TPSA) is 57.6 Å². The first-order valence-electron chi connectivity index (χ1n) is 8.16. The van der Waals surface area contributed by atoms with Crippen LogP contribution in [0.15, 0.2) is 24.3 Å². The van der Waals surface area contributed by atoms with Crippen molar-refractivity contribution >= 4 is 11.9 Å². The highest BCUT2D eigenvalue weighted by atomic mass is 19.1. The molecular formula is C18H24FNO3. The molecule has 126 valence electrons. The van der Waals surface area contributed by atoms with Crippen molar-refractivity contribution in [3.63, 3.8) is 0 Å². The fourth-order valence-electron chi connectivity index (χ4n) is 2.66. The molecule has 5 heteroatoms. The van der Waals surface area contributed by atoms with Gasteiger partial charge in [0, 0.05) is 18.5 Å². The zero-order valence-corrected chi connectivity index (χ0v) is 13.7. The number of amides is 1. The molecule has 0 aliphatic heterocycles. The van der Waals surface area contributed by atoms with Crippen LogP contribution in [0, 0.1) is 17.7 Å². The van der Waals surface area contributed by atoms with E-state index in [2.05, 4.69) is 0 Å². The molecule has 1 aliphatic carbocycles. The Balaban J connectivity index is 1.93. The first kappa shape index (κ1) is 17.4. The molecule has 1 N–H and O–H groups in total. The van der Waals surface area contributed by atoms with Crippen LogP contribution in [0.2, 0.25) is 0 Å². The van der Waals surface area contributed by atoms with Crippen molar-refractivity contribution in [1.29, 1.82) is 0 Å². The number of aryl methyl sites for hydroxylation is 1. The molecule has 1 aromatic rings.